The zero-order chi connectivity index (χ0) is 24.6. The van der Waals surface area contributed by atoms with Crippen molar-refractivity contribution in [2.24, 2.45) is 17.6 Å². The van der Waals surface area contributed by atoms with Gasteiger partial charge in [0, 0.05) is 31.3 Å². The number of carbonyl (C=O) groups excluding carboxylic acids is 3. The summed E-state index contributed by atoms with van der Waals surface area (Å²) in [4.78, 5) is 42.0. The number of nitrogens with two attached hydrogens (primary N) is 1. The Bertz CT molecular complexity index is 1170. The molecule has 1 aromatic carbocycles. The molecule has 1 aromatic rings. The van der Waals surface area contributed by atoms with E-state index in [4.69, 9.17) is 5.73 Å². The van der Waals surface area contributed by atoms with Gasteiger partial charge in [-0.1, -0.05) is 0 Å². The summed E-state index contributed by atoms with van der Waals surface area (Å²) in [5.74, 6) is -6.53. The second kappa shape index (κ2) is 7.32. The lowest BCUT2D eigenvalue weighted by Crippen LogP contribution is -2.63. The van der Waals surface area contributed by atoms with E-state index in [2.05, 4.69) is 0 Å². The van der Waals surface area contributed by atoms with Gasteiger partial charge in [-0.15, -0.1) is 0 Å². The number of fused-ring (bicyclic) bond motifs is 3. The van der Waals surface area contributed by atoms with Crippen LogP contribution in [0.15, 0.2) is 34.8 Å². The SMILES string of the molecule is CN(C)c1ccc(O)c2c1C[C@H]1C[C@H]3[C@H](N(C)C)C(O)=C(C(N)=O)C(=O)[C@@]3(O)C(O)=C1C2=O.[H+]. The van der Waals surface area contributed by atoms with Crippen molar-refractivity contribution in [1.82, 2.24) is 4.90 Å². The predicted molar refractivity (Wildman–Crippen MR) is 119 cm³/mol. The monoisotopic (exact) mass is 458 g/mol. The first-order valence-corrected chi connectivity index (χ1v) is 10.5. The number of phenols is 1. The summed E-state index contributed by atoms with van der Waals surface area (Å²) in [6.45, 7) is 0. The molecular weight excluding hydrogens is 430 g/mol. The number of hydrogen-bond acceptors (Lipinski definition) is 9. The molecular formula is C23H28N3O7+. The van der Waals surface area contributed by atoms with Crippen molar-refractivity contribution in [3.05, 3.63) is 45.9 Å². The fourth-order valence-electron chi connectivity index (χ4n) is 5.65. The molecule has 6 N–H and O–H groups in total. The number of carbonyl (C=O) groups is 3. The summed E-state index contributed by atoms with van der Waals surface area (Å²) in [5, 5.41) is 43.9. The van der Waals surface area contributed by atoms with Gasteiger partial charge in [-0.25, -0.2) is 0 Å². The van der Waals surface area contributed by atoms with Gasteiger partial charge in [0.25, 0.3) is 5.91 Å². The number of Topliss-reactive ketones (excluding diaryl/α,β-unsaturated/α-hetero) is 2. The number of nitrogens with zero attached hydrogens (tertiary/aromatic N) is 2. The maximum Gasteiger partial charge on any atom is 1.00 e. The minimum Gasteiger partial charge on any atom is -0.510 e. The third kappa shape index (κ3) is 2.90. The number of ketones is 2. The van der Waals surface area contributed by atoms with Crippen LogP contribution in [0.5, 0.6) is 5.75 Å². The second-order valence-corrected chi connectivity index (χ2v) is 9.31. The van der Waals surface area contributed by atoms with Crippen LogP contribution in [0.3, 0.4) is 0 Å². The fraction of sp³-hybridized carbons (Fsp3) is 0.435. The van der Waals surface area contributed by atoms with Crippen molar-refractivity contribution in [2.45, 2.75) is 24.5 Å². The number of phenolic OH excluding ortho intramolecular Hbond substituents is 1. The van der Waals surface area contributed by atoms with Gasteiger partial charge >= 0.3 is 1.43 Å². The Labute approximate surface area is 191 Å². The number of aliphatic hydroxyl groups excluding tert-OH is 2. The van der Waals surface area contributed by atoms with Gasteiger partial charge in [0.2, 0.25) is 5.78 Å². The lowest BCUT2D eigenvalue weighted by molar-refractivity contribution is -0.148. The average Bonchev–Trinajstić information content (AvgIpc) is 2.70. The molecule has 4 rings (SSSR count). The number of aliphatic hydroxyl groups is 3. The number of aromatic hydroxyl groups is 1. The summed E-state index contributed by atoms with van der Waals surface area (Å²) in [7, 11) is 6.79. The van der Waals surface area contributed by atoms with Crippen LogP contribution in [0.25, 0.3) is 0 Å². The minimum absolute atomic E-state index is 0. The smallest absolute Gasteiger partial charge is 0.510 e. The van der Waals surface area contributed by atoms with Gasteiger partial charge in [0.05, 0.1) is 11.6 Å². The number of anilines is 1. The van der Waals surface area contributed by atoms with Crippen LogP contribution in [0.1, 0.15) is 23.8 Å². The van der Waals surface area contributed by atoms with E-state index < -0.39 is 58.0 Å². The number of allylic oxidation sites excluding steroid dienone is 1. The maximum atomic E-state index is 13.5. The van der Waals surface area contributed by atoms with Gasteiger partial charge in [0.1, 0.15) is 22.8 Å². The molecule has 0 heterocycles. The maximum absolute atomic E-state index is 13.5. The highest BCUT2D eigenvalue weighted by Crippen LogP contribution is 2.52. The van der Waals surface area contributed by atoms with Crippen molar-refractivity contribution in [2.75, 3.05) is 33.1 Å². The molecule has 1 amide bonds. The van der Waals surface area contributed by atoms with Crippen LogP contribution in [-0.4, -0.2) is 82.6 Å². The molecule has 0 unspecified atom stereocenters. The molecule has 3 aliphatic rings. The Morgan fingerprint density at radius 3 is 2.33 bits per heavy atom. The fourth-order valence-corrected chi connectivity index (χ4v) is 5.65. The van der Waals surface area contributed by atoms with Gasteiger partial charge in [-0.05, 0) is 50.6 Å². The Balaban J connectivity index is 0.00000324. The predicted octanol–water partition coefficient (Wildman–Crippen LogP) is 0.299. The van der Waals surface area contributed by atoms with E-state index in [1.165, 1.54) is 11.0 Å². The topological polar surface area (TPSA) is 165 Å². The van der Waals surface area contributed by atoms with Crippen molar-refractivity contribution in [3.8, 4) is 5.75 Å². The minimum atomic E-state index is -2.63. The molecule has 0 fully saturated rings. The van der Waals surface area contributed by atoms with Gasteiger partial charge in [-0.2, -0.15) is 0 Å². The summed E-state index contributed by atoms with van der Waals surface area (Å²) in [5.41, 5.74) is 3.02. The number of primary amides is 1. The van der Waals surface area contributed by atoms with Crippen molar-refractivity contribution < 1.29 is 36.2 Å². The molecule has 0 radical (unpaired) electrons. The molecule has 4 atom stereocenters. The molecule has 3 aliphatic carbocycles. The van der Waals surface area contributed by atoms with E-state index in [-0.39, 0.29) is 31.2 Å². The highest BCUT2D eigenvalue weighted by Gasteiger charge is 2.63. The van der Waals surface area contributed by atoms with Crippen LogP contribution < -0.4 is 10.6 Å². The van der Waals surface area contributed by atoms with Gasteiger partial charge in [-0.3, -0.25) is 19.3 Å². The Morgan fingerprint density at radius 2 is 1.79 bits per heavy atom. The molecule has 10 heteroatoms. The third-order valence-electron chi connectivity index (χ3n) is 7.06. The molecule has 0 spiro atoms. The molecule has 0 aromatic heterocycles. The third-order valence-corrected chi connectivity index (χ3v) is 7.06. The molecule has 176 valence electrons. The lowest BCUT2D eigenvalue weighted by Gasteiger charge is -2.50. The van der Waals surface area contributed by atoms with E-state index >= 15 is 0 Å². The Morgan fingerprint density at radius 1 is 1.15 bits per heavy atom. The van der Waals surface area contributed by atoms with Crippen LogP contribution in [0.2, 0.25) is 0 Å². The zero-order valence-electron chi connectivity index (χ0n) is 19.8. The standard InChI is InChI=1S/C23H27N3O7/c1-25(2)12-5-6-13(27)15-10(12)7-9-8-11-17(26(3)4)19(29)16(22(24)32)21(31)23(11,33)20(30)14(9)18(15)28/h5-6,9,11,17,27,29-30,33H,7-8H2,1-4H3,(H2,24,32)/p+1/t9-,11-,17-,23-/m0/s1. The molecule has 0 saturated carbocycles. The van der Waals surface area contributed by atoms with E-state index in [0.717, 1.165) is 5.69 Å². The molecule has 0 aliphatic heterocycles. The highest BCUT2D eigenvalue weighted by molar-refractivity contribution is 6.24. The van der Waals surface area contributed by atoms with Crippen molar-refractivity contribution in [3.63, 3.8) is 0 Å². The van der Waals surface area contributed by atoms with E-state index in [9.17, 15) is 34.8 Å². The number of benzene rings is 1. The van der Waals surface area contributed by atoms with Crippen molar-refractivity contribution >= 4 is 23.2 Å². The Kier molecular flexibility index (Phi) is 5.06. The number of likely N-dealkylation sites (N-methyl/N-ethyl adjacent to an activating group) is 1. The first kappa shape index (κ1) is 22.8. The average molecular weight is 458 g/mol. The van der Waals surface area contributed by atoms with E-state index in [1.54, 1.807) is 39.2 Å². The molecule has 10 nitrogen and oxygen atoms in total. The Hall–Kier alpha value is -3.37. The molecule has 0 saturated heterocycles. The summed E-state index contributed by atoms with van der Waals surface area (Å²) in [6.07, 6.45) is 0.324. The van der Waals surface area contributed by atoms with Crippen LogP contribution >= 0.6 is 0 Å². The first-order chi connectivity index (χ1) is 15.3. The molecule has 33 heavy (non-hydrogen) atoms. The van der Waals surface area contributed by atoms with Crippen LogP contribution in [-0.2, 0) is 16.0 Å². The van der Waals surface area contributed by atoms with Crippen LogP contribution in [0.4, 0.5) is 5.69 Å². The summed E-state index contributed by atoms with van der Waals surface area (Å²) >= 11 is 0. The van der Waals surface area contributed by atoms with Crippen LogP contribution in [0, 0.1) is 11.8 Å². The van der Waals surface area contributed by atoms with Crippen molar-refractivity contribution in [1.29, 1.82) is 0 Å². The normalized spacial score (nSPS) is 29.1. The quantitative estimate of drug-likeness (QED) is 0.401. The number of hydrogen-bond donors (Lipinski definition) is 5. The second-order valence-electron chi connectivity index (χ2n) is 9.31. The van der Waals surface area contributed by atoms with E-state index in [1.807, 2.05) is 0 Å². The zero-order valence-corrected chi connectivity index (χ0v) is 18.8. The largest absolute Gasteiger partial charge is 1.00 e. The highest BCUT2D eigenvalue weighted by atomic mass is 16.3. The number of amides is 1. The van der Waals surface area contributed by atoms with E-state index in [0.29, 0.717) is 5.56 Å². The first-order valence-electron chi connectivity index (χ1n) is 10.5. The van der Waals surface area contributed by atoms with Gasteiger partial charge < -0.3 is 31.1 Å². The lowest BCUT2D eigenvalue weighted by atomic mass is 9.58. The molecule has 0 bridgehead atoms. The summed E-state index contributed by atoms with van der Waals surface area (Å²) < 4.78 is 0. The van der Waals surface area contributed by atoms with Gasteiger partial charge in [0.15, 0.2) is 11.4 Å². The number of rotatable bonds is 3. The summed E-state index contributed by atoms with van der Waals surface area (Å²) in [6, 6.07) is 2.06.